The maximum Gasteiger partial charge on any atom is 0.251 e. The average Bonchev–Trinajstić information content (AvgIpc) is 2.26. The summed E-state index contributed by atoms with van der Waals surface area (Å²) in [6.45, 7) is 1.79. The van der Waals surface area contributed by atoms with Gasteiger partial charge in [-0.2, -0.15) is 0 Å². The largest absolute Gasteiger partial charge is 0.486 e. The molecule has 0 aliphatic rings. The fraction of sp³-hybridized carbons (Fsp3) is 0.333. The van der Waals surface area contributed by atoms with Crippen LogP contribution < -0.4 is 10.5 Å². The summed E-state index contributed by atoms with van der Waals surface area (Å²) in [5, 5.41) is 0. The maximum absolute atomic E-state index is 13.3. The molecule has 0 unspecified atom stereocenters. The molecule has 0 spiro atoms. The number of benzene rings is 1. The lowest BCUT2D eigenvalue weighted by molar-refractivity contribution is -0.121. The van der Waals surface area contributed by atoms with Crippen molar-refractivity contribution in [3.05, 3.63) is 29.6 Å². The predicted octanol–water partition coefficient (Wildman–Crippen LogP) is 1.67. The monoisotopic (exact) mass is 239 g/mol. The Morgan fingerprint density at radius 2 is 2.12 bits per heavy atom. The predicted molar refractivity (Wildman–Crippen MR) is 60.3 cm³/mol. The molecule has 1 amide bonds. The van der Waals surface area contributed by atoms with Crippen LogP contribution in [0.4, 0.5) is 4.39 Å². The fourth-order valence-corrected chi connectivity index (χ4v) is 1.30. The van der Waals surface area contributed by atoms with Gasteiger partial charge in [-0.15, -0.1) is 0 Å². The van der Waals surface area contributed by atoms with E-state index in [-0.39, 0.29) is 23.7 Å². The number of hydrogen-bond donors (Lipinski definition) is 1. The van der Waals surface area contributed by atoms with Gasteiger partial charge < -0.3 is 10.5 Å². The summed E-state index contributed by atoms with van der Waals surface area (Å²) in [5.41, 5.74) is 4.76. The van der Waals surface area contributed by atoms with E-state index in [1.165, 1.54) is 12.1 Å². The quantitative estimate of drug-likeness (QED) is 0.821. The Hall–Kier alpha value is -1.91. The van der Waals surface area contributed by atoms with Crippen molar-refractivity contribution in [2.45, 2.75) is 19.8 Å². The molecule has 1 aromatic carbocycles. The van der Waals surface area contributed by atoms with Crippen LogP contribution in [0.3, 0.4) is 0 Å². The molecule has 0 atom stereocenters. The number of primary amides is 1. The van der Waals surface area contributed by atoms with E-state index in [4.69, 9.17) is 10.5 Å². The molecular formula is C12H14FNO3. The zero-order valence-electron chi connectivity index (χ0n) is 9.53. The number of ketones is 1. The van der Waals surface area contributed by atoms with Crippen LogP contribution in [0.5, 0.6) is 5.75 Å². The first-order valence-corrected chi connectivity index (χ1v) is 5.28. The van der Waals surface area contributed by atoms with Crippen molar-refractivity contribution >= 4 is 11.7 Å². The summed E-state index contributed by atoms with van der Waals surface area (Å²) >= 11 is 0. The van der Waals surface area contributed by atoms with Crippen molar-refractivity contribution in [2.24, 2.45) is 5.73 Å². The van der Waals surface area contributed by atoms with Gasteiger partial charge in [0, 0.05) is 12.5 Å². The van der Waals surface area contributed by atoms with Crippen LogP contribution in [0.15, 0.2) is 18.2 Å². The number of carbonyl (C=O) groups is 2. The van der Waals surface area contributed by atoms with Crippen LogP contribution in [0.25, 0.3) is 0 Å². The van der Waals surface area contributed by atoms with Crippen LogP contribution in [0, 0.1) is 5.82 Å². The van der Waals surface area contributed by atoms with E-state index in [9.17, 15) is 14.0 Å². The smallest absolute Gasteiger partial charge is 0.251 e. The number of nitrogens with two attached hydrogens (primary N) is 1. The van der Waals surface area contributed by atoms with Gasteiger partial charge in [0.15, 0.2) is 5.78 Å². The van der Waals surface area contributed by atoms with Crippen molar-refractivity contribution in [1.82, 2.24) is 0 Å². The lowest BCUT2D eigenvalue weighted by atomic mass is 10.2. The lowest BCUT2D eigenvalue weighted by Gasteiger charge is -2.06. The Morgan fingerprint density at radius 1 is 1.41 bits per heavy atom. The first-order valence-electron chi connectivity index (χ1n) is 5.28. The van der Waals surface area contributed by atoms with Gasteiger partial charge in [-0.25, -0.2) is 4.39 Å². The lowest BCUT2D eigenvalue weighted by Crippen LogP contribution is -2.14. The molecule has 0 aliphatic heterocycles. The van der Waals surface area contributed by atoms with E-state index in [0.717, 1.165) is 12.5 Å². The first kappa shape index (κ1) is 13.2. The Labute approximate surface area is 98.6 Å². The average molecular weight is 239 g/mol. The molecule has 92 valence electrons. The molecule has 4 nitrogen and oxygen atoms in total. The normalized spacial score (nSPS) is 10.0. The number of carbonyl (C=O) groups excluding carboxylic acids is 2. The van der Waals surface area contributed by atoms with Gasteiger partial charge in [0.2, 0.25) is 0 Å². The topological polar surface area (TPSA) is 69.4 Å². The van der Waals surface area contributed by atoms with Crippen molar-refractivity contribution in [2.75, 3.05) is 6.61 Å². The molecule has 17 heavy (non-hydrogen) atoms. The molecule has 1 rings (SSSR count). The van der Waals surface area contributed by atoms with Crippen LogP contribution in [0.1, 0.15) is 30.1 Å². The van der Waals surface area contributed by atoms with Gasteiger partial charge in [-0.05, 0) is 18.6 Å². The zero-order valence-corrected chi connectivity index (χ0v) is 9.53. The summed E-state index contributed by atoms with van der Waals surface area (Å²) in [6.07, 6.45) is 1.18. The van der Waals surface area contributed by atoms with Crippen molar-refractivity contribution < 1.29 is 18.7 Å². The van der Waals surface area contributed by atoms with Gasteiger partial charge in [0.1, 0.15) is 18.2 Å². The number of ether oxygens (including phenoxy) is 1. The third-order valence-electron chi connectivity index (χ3n) is 2.13. The molecule has 0 bridgehead atoms. The molecule has 0 saturated carbocycles. The highest BCUT2D eigenvalue weighted by molar-refractivity contribution is 5.93. The van der Waals surface area contributed by atoms with Gasteiger partial charge in [0.25, 0.3) is 5.91 Å². The first-order chi connectivity index (χ1) is 8.04. The molecule has 0 radical (unpaired) electrons. The second kappa shape index (κ2) is 5.98. The van der Waals surface area contributed by atoms with Crippen molar-refractivity contribution in [3.63, 3.8) is 0 Å². The summed E-state index contributed by atoms with van der Waals surface area (Å²) in [6, 6.07) is 3.68. The Balaban J connectivity index is 2.65. The van der Waals surface area contributed by atoms with Gasteiger partial charge in [0.05, 0.1) is 5.56 Å². The summed E-state index contributed by atoms with van der Waals surface area (Å²) in [7, 11) is 0. The Morgan fingerprint density at radius 3 is 2.65 bits per heavy atom. The Kier molecular flexibility index (Phi) is 4.63. The Bertz CT molecular complexity index is 432. The van der Waals surface area contributed by atoms with E-state index in [2.05, 4.69) is 0 Å². The number of halogens is 1. The molecular weight excluding hydrogens is 225 g/mol. The minimum Gasteiger partial charge on any atom is -0.486 e. The highest BCUT2D eigenvalue weighted by Crippen LogP contribution is 2.16. The summed E-state index contributed by atoms with van der Waals surface area (Å²) in [4.78, 5) is 22.0. The highest BCUT2D eigenvalue weighted by atomic mass is 19.1. The number of hydrogen-bond acceptors (Lipinski definition) is 3. The standard InChI is InChI=1S/C12H14FNO3/c1-2-3-8(15)7-17-9-4-5-10(12(14)16)11(13)6-9/h4-6H,2-3,7H2,1H3,(H2,14,16). The van der Waals surface area contributed by atoms with E-state index < -0.39 is 11.7 Å². The third kappa shape index (κ3) is 3.86. The number of rotatable bonds is 6. The second-order valence-electron chi connectivity index (χ2n) is 3.58. The van der Waals surface area contributed by atoms with Crippen LogP contribution >= 0.6 is 0 Å². The second-order valence-corrected chi connectivity index (χ2v) is 3.58. The SMILES string of the molecule is CCCC(=O)COc1ccc(C(N)=O)c(F)c1. The van der Waals surface area contributed by atoms with E-state index >= 15 is 0 Å². The summed E-state index contributed by atoms with van der Waals surface area (Å²) in [5.74, 6) is -1.43. The van der Waals surface area contributed by atoms with Crippen LogP contribution in [0.2, 0.25) is 0 Å². The maximum atomic E-state index is 13.3. The van der Waals surface area contributed by atoms with E-state index in [0.29, 0.717) is 6.42 Å². The van der Waals surface area contributed by atoms with Crippen LogP contribution in [-0.4, -0.2) is 18.3 Å². The summed E-state index contributed by atoms with van der Waals surface area (Å²) < 4.78 is 18.4. The number of Topliss-reactive ketones (excluding diaryl/α,β-unsaturated/α-hetero) is 1. The highest BCUT2D eigenvalue weighted by Gasteiger charge is 2.09. The molecule has 0 fully saturated rings. The molecule has 2 N–H and O–H groups in total. The van der Waals surface area contributed by atoms with Gasteiger partial charge in [-0.1, -0.05) is 6.92 Å². The zero-order chi connectivity index (χ0) is 12.8. The molecule has 0 saturated heterocycles. The fourth-order valence-electron chi connectivity index (χ4n) is 1.30. The number of amides is 1. The molecule has 0 aromatic heterocycles. The van der Waals surface area contributed by atoms with Gasteiger partial charge >= 0.3 is 0 Å². The molecule has 0 heterocycles. The molecule has 5 heteroatoms. The third-order valence-corrected chi connectivity index (χ3v) is 2.13. The minimum absolute atomic E-state index is 0.0492. The van der Waals surface area contributed by atoms with Crippen LogP contribution in [-0.2, 0) is 4.79 Å². The van der Waals surface area contributed by atoms with E-state index in [1.54, 1.807) is 0 Å². The van der Waals surface area contributed by atoms with Crippen molar-refractivity contribution in [1.29, 1.82) is 0 Å². The van der Waals surface area contributed by atoms with Crippen molar-refractivity contribution in [3.8, 4) is 5.75 Å². The minimum atomic E-state index is -0.837. The molecule has 1 aromatic rings. The molecule has 0 aliphatic carbocycles. The van der Waals surface area contributed by atoms with E-state index in [1.807, 2.05) is 6.92 Å². The van der Waals surface area contributed by atoms with Gasteiger partial charge in [-0.3, -0.25) is 9.59 Å².